The Morgan fingerprint density at radius 3 is 2.26 bits per heavy atom. The second kappa shape index (κ2) is 12.7. The Labute approximate surface area is 233 Å². The summed E-state index contributed by atoms with van der Waals surface area (Å²) in [5.74, 6) is -0.697. The summed E-state index contributed by atoms with van der Waals surface area (Å²) in [6, 6.07) is 8.67. The summed E-state index contributed by atoms with van der Waals surface area (Å²) in [5, 5.41) is 3.17. The summed E-state index contributed by atoms with van der Waals surface area (Å²) in [6.07, 6.45) is 1.79. The zero-order valence-corrected chi connectivity index (χ0v) is 25.8. The zero-order valence-electron chi connectivity index (χ0n) is 25.0. The van der Waals surface area contributed by atoms with Crippen molar-refractivity contribution in [2.75, 3.05) is 20.7 Å². The number of thioether (sulfide) groups is 1. The van der Waals surface area contributed by atoms with Crippen LogP contribution in [0.2, 0.25) is 0 Å². The van der Waals surface area contributed by atoms with Crippen molar-refractivity contribution in [2.45, 2.75) is 90.6 Å². The number of amides is 2. The van der Waals surface area contributed by atoms with Crippen molar-refractivity contribution >= 4 is 29.5 Å². The van der Waals surface area contributed by atoms with Crippen LogP contribution in [0.25, 0.3) is 0 Å². The molecule has 1 aromatic carbocycles. The minimum atomic E-state index is -0.748. The minimum Gasteiger partial charge on any atom is -0.463 e. The van der Waals surface area contributed by atoms with E-state index in [0.29, 0.717) is 12.2 Å². The van der Waals surface area contributed by atoms with Gasteiger partial charge in [-0.15, -0.1) is 11.8 Å². The lowest BCUT2D eigenvalue weighted by molar-refractivity contribution is -0.141. The normalized spacial score (nSPS) is 21.6. The first kappa shape index (κ1) is 31.9. The van der Waals surface area contributed by atoms with Crippen molar-refractivity contribution in [2.24, 2.45) is 11.3 Å². The van der Waals surface area contributed by atoms with E-state index in [2.05, 4.69) is 36.2 Å². The van der Waals surface area contributed by atoms with Gasteiger partial charge in [0.15, 0.2) is 0 Å². The number of nitrogens with one attached hydrogen (secondary N) is 1. The van der Waals surface area contributed by atoms with E-state index >= 15 is 0 Å². The summed E-state index contributed by atoms with van der Waals surface area (Å²) in [5.41, 5.74) is 1.07. The van der Waals surface area contributed by atoms with Crippen LogP contribution in [0.1, 0.15) is 73.3 Å². The Morgan fingerprint density at radius 1 is 1.18 bits per heavy atom. The van der Waals surface area contributed by atoms with Crippen LogP contribution in [0.4, 0.5) is 0 Å². The van der Waals surface area contributed by atoms with Crippen LogP contribution in [-0.2, 0) is 19.1 Å². The summed E-state index contributed by atoms with van der Waals surface area (Å²) >= 11 is 1.76. The highest BCUT2D eigenvalue weighted by Gasteiger charge is 2.51. The van der Waals surface area contributed by atoms with E-state index in [4.69, 9.17) is 4.74 Å². The molecule has 38 heavy (non-hydrogen) atoms. The van der Waals surface area contributed by atoms with Crippen LogP contribution in [0.3, 0.4) is 0 Å². The highest BCUT2D eigenvalue weighted by molar-refractivity contribution is 8.01. The molecule has 1 aliphatic heterocycles. The molecule has 1 N–H and O–H groups in total. The Bertz CT molecular complexity index is 1020. The van der Waals surface area contributed by atoms with Crippen molar-refractivity contribution in [3.63, 3.8) is 0 Å². The van der Waals surface area contributed by atoms with Crippen molar-refractivity contribution in [3.05, 3.63) is 47.5 Å². The fourth-order valence-corrected chi connectivity index (χ4v) is 6.58. The summed E-state index contributed by atoms with van der Waals surface area (Å²) in [4.78, 5) is 43.8. The number of benzene rings is 1. The molecule has 4 atom stereocenters. The quantitative estimate of drug-likeness (QED) is 0.346. The molecule has 0 bridgehead atoms. The molecule has 1 aromatic rings. The Balaban J connectivity index is 2.33. The summed E-state index contributed by atoms with van der Waals surface area (Å²) < 4.78 is 4.77. The molecular weight excluding hydrogens is 498 g/mol. The van der Waals surface area contributed by atoms with Gasteiger partial charge in [-0.05, 0) is 51.6 Å². The first-order valence-electron chi connectivity index (χ1n) is 13.4. The number of carbonyl (C=O) groups excluding carboxylic acids is 3. The van der Waals surface area contributed by atoms with E-state index in [9.17, 15) is 14.4 Å². The van der Waals surface area contributed by atoms with E-state index in [-0.39, 0.29) is 33.9 Å². The minimum absolute atomic E-state index is 0.0368. The average Bonchev–Trinajstić information content (AvgIpc) is 3.07. The monoisotopic (exact) mass is 545 g/mol. The van der Waals surface area contributed by atoms with Crippen molar-refractivity contribution in [3.8, 4) is 0 Å². The largest absolute Gasteiger partial charge is 0.463 e. The zero-order chi connectivity index (χ0) is 29.0. The second-order valence-electron chi connectivity index (χ2n) is 12.1. The van der Waals surface area contributed by atoms with Crippen LogP contribution in [0.5, 0.6) is 0 Å². The van der Waals surface area contributed by atoms with Gasteiger partial charge in [0.1, 0.15) is 12.1 Å². The lowest BCUT2D eigenvalue weighted by atomic mass is 9.84. The number of nitrogens with zero attached hydrogens (tertiary/aromatic N) is 2. The fourth-order valence-electron chi connectivity index (χ4n) is 5.02. The van der Waals surface area contributed by atoms with Crippen LogP contribution in [0, 0.1) is 11.3 Å². The number of likely N-dealkylation sites (N-methyl/N-ethyl adjacent to an activating group) is 2. The average molecular weight is 546 g/mol. The third kappa shape index (κ3) is 7.41. The SMILES string of the molecule is CCOC(=O)C(C)=C[C@H](C(C)C)N(C)C(=O)[C@@H](NC(=O)C1N(C)[C@@H](c2ccccc2)SC1(C)C)C(C)(C)C. The van der Waals surface area contributed by atoms with Crippen LogP contribution < -0.4 is 5.32 Å². The topological polar surface area (TPSA) is 79.0 Å². The highest BCUT2D eigenvalue weighted by Crippen LogP contribution is 2.51. The molecule has 2 amide bonds. The van der Waals surface area contributed by atoms with Gasteiger partial charge in [-0.25, -0.2) is 4.79 Å². The predicted octanol–water partition coefficient (Wildman–Crippen LogP) is 5.03. The molecule has 1 fully saturated rings. The maximum Gasteiger partial charge on any atom is 0.333 e. The first-order valence-corrected chi connectivity index (χ1v) is 14.3. The van der Waals surface area contributed by atoms with Gasteiger partial charge in [-0.2, -0.15) is 0 Å². The van der Waals surface area contributed by atoms with E-state index in [0.717, 1.165) is 5.56 Å². The van der Waals surface area contributed by atoms with E-state index in [1.165, 1.54) is 0 Å². The fraction of sp³-hybridized carbons (Fsp3) is 0.633. The molecule has 0 aromatic heterocycles. The lowest BCUT2D eigenvalue weighted by Gasteiger charge is -2.39. The first-order chi connectivity index (χ1) is 17.5. The molecule has 0 aliphatic carbocycles. The van der Waals surface area contributed by atoms with E-state index < -0.39 is 23.5 Å². The third-order valence-corrected chi connectivity index (χ3v) is 8.74. The summed E-state index contributed by atoms with van der Waals surface area (Å²) in [6.45, 7) is 17.8. The maximum atomic E-state index is 13.9. The predicted molar refractivity (Wildman–Crippen MR) is 156 cm³/mol. The van der Waals surface area contributed by atoms with Gasteiger partial charge in [-0.3, -0.25) is 14.5 Å². The number of rotatable bonds is 9. The number of hydrogen-bond acceptors (Lipinski definition) is 6. The molecule has 8 heteroatoms. The smallest absolute Gasteiger partial charge is 0.333 e. The molecule has 1 unspecified atom stereocenters. The highest BCUT2D eigenvalue weighted by atomic mass is 32.2. The van der Waals surface area contributed by atoms with E-state index in [1.54, 1.807) is 43.6 Å². The van der Waals surface area contributed by atoms with Gasteiger partial charge < -0.3 is 15.0 Å². The number of carbonyl (C=O) groups is 3. The molecule has 7 nitrogen and oxygen atoms in total. The standard InChI is InChI=1S/C30H47N3O4S/c1-12-37-28(36)20(4)18-22(19(2)3)32(10)26(35)23(29(5,6)7)31-25(34)24-30(8,9)38-27(33(24)11)21-16-14-13-15-17-21/h13-19,22-24,27H,12H2,1-11H3,(H,31,34)/t22-,23-,24?,27-/m1/s1. The van der Waals surface area contributed by atoms with Gasteiger partial charge in [0.05, 0.1) is 18.0 Å². The van der Waals surface area contributed by atoms with Gasteiger partial charge in [-0.1, -0.05) is 71.0 Å². The third-order valence-electron chi connectivity index (χ3n) is 7.08. The Kier molecular flexibility index (Phi) is 10.7. The van der Waals surface area contributed by atoms with Crippen LogP contribution in [0.15, 0.2) is 42.0 Å². The number of ether oxygens (including phenoxy) is 1. The molecule has 0 radical (unpaired) electrons. The molecular formula is C30H47N3O4S. The molecule has 2 rings (SSSR count). The van der Waals surface area contributed by atoms with Gasteiger partial charge in [0, 0.05) is 17.4 Å². The Morgan fingerprint density at radius 2 is 1.76 bits per heavy atom. The molecule has 1 heterocycles. The second-order valence-corrected chi connectivity index (χ2v) is 13.8. The van der Waals surface area contributed by atoms with Crippen molar-refractivity contribution < 1.29 is 19.1 Å². The van der Waals surface area contributed by atoms with Crippen LogP contribution >= 0.6 is 11.8 Å². The lowest BCUT2D eigenvalue weighted by Crippen LogP contribution is -2.60. The van der Waals surface area contributed by atoms with Crippen molar-refractivity contribution in [1.29, 1.82) is 0 Å². The molecule has 212 valence electrons. The van der Waals surface area contributed by atoms with Gasteiger partial charge in [0.25, 0.3) is 0 Å². The Hall–Kier alpha value is -2.32. The van der Waals surface area contributed by atoms with Crippen molar-refractivity contribution in [1.82, 2.24) is 15.1 Å². The molecule has 0 saturated carbocycles. The number of hydrogen-bond donors (Lipinski definition) is 1. The van der Waals surface area contributed by atoms with E-state index in [1.807, 2.05) is 59.9 Å². The number of esters is 1. The molecule has 1 saturated heterocycles. The van der Waals surface area contributed by atoms with Crippen LogP contribution in [-0.4, -0.2) is 71.2 Å². The molecule has 1 aliphatic rings. The molecule has 0 spiro atoms. The maximum absolute atomic E-state index is 13.9. The van der Waals surface area contributed by atoms with Gasteiger partial charge in [0.2, 0.25) is 11.8 Å². The van der Waals surface area contributed by atoms with Gasteiger partial charge >= 0.3 is 5.97 Å². The summed E-state index contributed by atoms with van der Waals surface area (Å²) in [7, 11) is 3.71.